The number of benzene rings is 2. The molecule has 2 aromatic carbocycles. The summed E-state index contributed by atoms with van der Waals surface area (Å²) in [5, 5.41) is 4.51. The summed E-state index contributed by atoms with van der Waals surface area (Å²) in [5.41, 5.74) is 3.11. The molecule has 0 aliphatic heterocycles. The van der Waals surface area contributed by atoms with Crippen molar-refractivity contribution in [3.05, 3.63) is 51.5 Å². The molecule has 0 saturated carbocycles. The minimum atomic E-state index is -0.386. The van der Waals surface area contributed by atoms with Gasteiger partial charge in [-0.3, -0.25) is 4.79 Å². The van der Waals surface area contributed by atoms with E-state index in [4.69, 9.17) is 25.8 Å². The molecule has 0 unspecified atom stereocenters. The molecule has 0 bridgehead atoms. The second kappa shape index (κ2) is 9.29. The van der Waals surface area contributed by atoms with Crippen LogP contribution in [0.4, 0.5) is 0 Å². The number of nitrogens with one attached hydrogen (secondary N) is 1. The topological polar surface area (TPSA) is 69.2 Å². The van der Waals surface area contributed by atoms with Crippen LogP contribution in [0, 0.1) is 0 Å². The van der Waals surface area contributed by atoms with Crippen LogP contribution in [0.2, 0.25) is 5.02 Å². The fourth-order valence-electron chi connectivity index (χ4n) is 1.85. The van der Waals surface area contributed by atoms with Gasteiger partial charge < -0.3 is 14.2 Å². The molecule has 0 fully saturated rings. The zero-order chi connectivity index (χ0) is 18.2. The summed E-state index contributed by atoms with van der Waals surface area (Å²) < 4.78 is 16.5. The van der Waals surface area contributed by atoms with Crippen molar-refractivity contribution in [2.45, 2.75) is 0 Å². The van der Waals surface area contributed by atoms with E-state index in [1.807, 2.05) is 0 Å². The number of hydrazone groups is 1. The van der Waals surface area contributed by atoms with Crippen LogP contribution in [-0.4, -0.2) is 32.9 Å². The summed E-state index contributed by atoms with van der Waals surface area (Å²) in [6, 6.07) is 10.2. The quantitative estimate of drug-likeness (QED) is 0.541. The lowest BCUT2D eigenvalue weighted by atomic mass is 10.2. The first kappa shape index (κ1) is 19.1. The second-order valence-corrected chi connectivity index (χ2v) is 6.06. The van der Waals surface area contributed by atoms with Crippen molar-refractivity contribution >= 4 is 39.7 Å². The zero-order valence-electron chi connectivity index (χ0n) is 13.6. The van der Waals surface area contributed by atoms with Gasteiger partial charge in [0.1, 0.15) is 5.75 Å². The molecule has 0 atom stereocenters. The first-order valence-electron chi connectivity index (χ1n) is 7.15. The summed E-state index contributed by atoms with van der Waals surface area (Å²) >= 11 is 9.19. The first-order valence-corrected chi connectivity index (χ1v) is 8.32. The van der Waals surface area contributed by atoms with Crippen molar-refractivity contribution in [1.82, 2.24) is 5.43 Å². The number of halogens is 2. The van der Waals surface area contributed by atoms with Gasteiger partial charge in [0.05, 0.1) is 20.4 Å². The van der Waals surface area contributed by atoms with Crippen LogP contribution in [0.25, 0.3) is 0 Å². The van der Waals surface area contributed by atoms with Crippen LogP contribution in [0.5, 0.6) is 17.2 Å². The summed E-state index contributed by atoms with van der Waals surface area (Å²) in [5.74, 6) is 1.31. The molecular formula is C17H16BrClN2O4. The molecule has 0 radical (unpaired) electrons. The SMILES string of the molecule is COc1cc(Br)c(/C=N\NC(=O)COc2ccc(Cl)cc2)cc1OC. The Bertz CT molecular complexity index is 766. The Morgan fingerprint density at radius 2 is 1.84 bits per heavy atom. The highest BCUT2D eigenvalue weighted by atomic mass is 79.9. The van der Waals surface area contributed by atoms with Gasteiger partial charge in [0, 0.05) is 15.1 Å². The van der Waals surface area contributed by atoms with Gasteiger partial charge in [0.25, 0.3) is 5.91 Å². The van der Waals surface area contributed by atoms with Crippen LogP contribution >= 0.6 is 27.5 Å². The molecule has 132 valence electrons. The Balaban J connectivity index is 1.91. The van der Waals surface area contributed by atoms with E-state index in [0.29, 0.717) is 22.3 Å². The lowest BCUT2D eigenvalue weighted by Gasteiger charge is -2.09. The van der Waals surface area contributed by atoms with Gasteiger partial charge in [-0.05, 0) is 52.3 Å². The Morgan fingerprint density at radius 3 is 2.48 bits per heavy atom. The normalized spacial score (nSPS) is 10.6. The van der Waals surface area contributed by atoms with E-state index in [1.165, 1.54) is 6.21 Å². The third-order valence-corrected chi connectivity index (χ3v) is 4.02. The molecule has 0 heterocycles. The number of hydrogen-bond donors (Lipinski definition) is 1. The molecular weight excluding hydrogens is 412 g/mol. The van der Waals surface area contributed by atoms with E-state index >= 15 is 0 Å². The molecule has 0 aliphatic rings. The third-order valence-electron chi connectivity index (χ3n) is 3.08. The van der Waals surface area contributed by atoms with Crippen LogP contribution in [0.15, 0.2) is 46.0 Å². The number of carbonyl (C=O) groups is 1. The molecule has 0 aromatic heterocycles. The number of hydrogen-bond acceptors (Lipinski definition) is 5. The fourth-order valence-corrected chi connectivity index (χ4v) is 2.41. The van der Waals surface area contributed by atoms with Crippen molar-refractivity contribution in [2.24, 2.45) is 5.10 Å². The molecule has 1 N–H and O–H groups in total. The molecule has 0 aliphatic carbocycles. The average molecular weight is 428 g/mol. The minimum absolute atomic E-state index is 0.161. The largest absolute Gasteiger partial charge is 0.493 e. The highest BCUT2D eigenvalue weighted by Gasteiger charge is 2.08. The second-order valence-electron chi connectivity index (χ2n) is 4.76. The molecule has 0 spiro atoms. The highest BCUT2D eigenvalue weighted by Crippen LogP contribution is 2.32. The van der Waals surface area contributed by atoms with Crippen LogP contribution < -0.4 is 19.6 Å². The lowest BCUT2D eigenvalue weighted by Crippen LogP contribution is -2.24. The van der Waals surface area contributed by atoms with Gasteiger partial charge in [-0.25, -0.2) is 5.43 Å². The summed E-state index contributed by atoms with van der Waals surface area (Å²) in [6.07, 6.45) is 1.49. The van der Waals surface area contributed by atoms with Crippen LogP contribution in [0.1, 0.15) is 5.56 Å². The van der Waals surface area contributed by atoms with Crippen molar-refractivity contribution in [1.29, 1.82) is 0 Å². The number of rotatable bonds is 7. The van der Waals surface area contributed by atoms with Gasteiger partial charge in [0.2, 0.25) is 0 Å². The molecule has 0 saturated heterocycles. The fraction of sp³-hybridized carbons (Fsp3) is 0.176. The van der Waals surface area contributed by atoms with Crippen LogP contribution in [0.3, 0.4) is 0 Å². The number of amides is 1. The third kappa shape index (κ3) is 5.65. The van der Waals surface area contributed by atoms with Crippen molar-refractivity contribution in [3.63, 3.8) is 0 Å². The summed E-state index contributed by atoms with van der Waals surface area (Å²) in [4.78, 5) is 11.7. The van der Waals surface area contributed by atoms with E-state index in [0.717, 1.165) is 10.0 Å². The monoisotopic (exact) mass is 426 g/mol. The van der Waals surface area contributed by atoms with E-state index in [1.54, 1.807) is 50.6 Å². The number of ether oxygens (including phenoxy) is 3. The van der Waals surface area contributed by atoms with Gasteiger partial charge >= 0.3 is 0 Å². The molecule has 8 heteroatoms. The maximum absolute atomic E-state index is 11.7. The predicted octanol–water partition coefficient (Wildman–Crippen LogP) is 3.65. The number of methoxy groups -OCH3 is 2. The van der Waals surface area contributed by atoms with Crippen molar-refractivity contribution < 1.29 is 19.0 Å². The Morgan fingerprint density at radius 1 is 1.20 bits per heavy atom. The van der Waals surface area contributed by atoms with E-state index in [2.05, 4.69) is 26.5 Å². The van der Waals surface area contributed by atoms with Crippen molar-refractivity contribution in [3.8, 4) is 17.2 Å². The Kier molecular flexibility index (Phi) is 7.09. The lowest BCUT2D eigenvalue weighted by molar-refractivity contribution is -0.123. The van der Waals surface area contributed by atoms with E-state index in [9.17, 15) is 4.79 Å². The standard InChI is InChI=1S/C17H16BrClN2O4/c1-23-15-7-11(14(18)8-16(15)24-2)9-20-21-17(22)10-25-13-5-3-12(19)4-6-13/h3-9H,10H2,1-2H3,(H,21,22)/b20-9-. The van der Waals surface area contributed by atoms with E-state index in [-0.39, 0.29) is 12.5 Å². The van der Waals surface area contributed by atoms with Gasteiger partial charge in [-0.1, -0.05) is 11.6 Å². The van der Waals surface area contributed by atoms with Crippen LogP contribution in [-0.2, 0) is 4.79 Å². The molecule has 2 aromatic rings. The molecule has 2 rings (SSSR count). The predicted molar refractivity (Wildman–Crippen MR) is 99.9 cm³/mol. The number of nitrogens with zero attached hydrogens (tertiary/aromatic N) is 1. The minimum Gasteiger partial charge on any atom is -0.493 e. The number of carbonyl (C=O) groups excluding carboxylic acids is 1. The molecule has 6 nitrogen and oxygen atoms in total. The maximum Gasteiger partial charge on any atom is 0.277 e. The summed E-state index contributed by atoms with van der Waals surface area (Å²) in [7, 11) is 3.10. The van der Waals surface area contributed by atoms with Gasteiger partial charge in [-0.2, -0.15) is 5.10 Å². The Labute approximate surface area is 158 Å². The zero-order valence-corrected chi connectivity index (χ0v) is 15.9. The first-order chi connectivity index (χ1) is 12.0. The highest BCUT2D eigenvalue weighted by molar-refractivity contribution is 9.10. The van der Waals surface area contributed by atoms with E-state index < -0.39 is 0 Å². The average Bonchev–Trinajstić information content (AvgIpc) is 2.62. The van der Waals surface area contributed by atoms with Gasteiger partial charge in [0.15, 0.2) is 18.1 Å². The molecule has 25 heavy (non-hydrogen) atoms. The molecule has 1 amide bonds. The maximum atomic E-state index is 11.7. The smallest absolute Gasteiger partial charge is 0.277 e. The van der Waals surface area contributed by atoms with Gasteiger partial charge in [-0.15, -0.1) is 0 Å². The summed E-state index contributed by atoms with van der Waals surface area (Å²) in [6.45, 7) is -0.161. The Hall–Kier alpha value is -2.25. The van der Waals surface area contributed by atoms with Crippen molar-refractivity contribution in [2.75, 3.05) is 20.8 Å².